The van der Waals surface area contributed by atoms with Crippen LogP contribution in [0.3, 0.4) is 0 Å². The molecule has 1 aromatic carbocycles. The molecule has 3 aromatic rings. The molecule has 0 spiro atoms. The summed E-state index contributed by atoms with van der Waals surface area (Å²) in [6.07, 6.45) is 5.45. The van der Waals surface area contributed by atoms with E-state index in [4.69, 9.17) is 4.52 Å². The first-order chi connectivity index (χ1) is 14.2. The summed E-state index contributed by atoms with van der Waals surface area (Å²) in [5, 5.41) is 7.34. The van der Waals surface area contributed by atoms with Crippen molar-refractivity contribution in [2.75, 3.05) is 31.5 Å². The minimum atomic E-state index is -0.296. The van der Waals surface area contributed by atoms with Crippen molar-refractivity contribution in [3.8, 4) is 22.8 Å². The first-order valence-corrected chi connectivity index (χ1v) is 10.2. The van der Waals surface area contributed by atoms with E-state index in [9.17, 15) is 4.39 Å². The number of nitrogens with zero attached hydrogens (tertiary/aromatic N) is 4. The lowest BCUT2D eigenvalue weighted by Crippen LogP contribution is -2.34. The molecule has 2 aromatic heterocycles. The van der Waals surface area contributed by atoms with Crippen molar-refractivity contribution in [2.45, 2.75) is 26.2 Å². The summed E-state index contributed by atoms with van der Waals surface area (Å²) in [4.78, 5) is 11.4. The number of pyridine rings is 1. The lowest BCUT2D eigenvalue weighted by molar-refractivity contribution is 0.192. The van der Waals surface area contributed by atoms with Crippen molar-refractivity contribution < 1.29 is 8.91 Å². The first-order valence-electron chi connectivity index (χ1n) is 10.2. The summed E-state index contributed by atoms with van der Waals surface area (Å²) in [5.41, 5.74) is 1.45. The van der Waals surface area contributed by atoms with Crippen LogP contribution in [-0.4, -0.2) is 46.2 Å². The van der Waals surface area contributed by atoms with Crippen LogP contribution in [0.4, 0.5) is 10.2 Å². The molecule has 0 unspecified atom stereocenters. The van der Waals surface area contributed by atoms with Crippen LogP contribution < -0.4 is 5.32 Å². The Morgan fingerprint density at radius 1 is 1.10 bits per heavy atom. The van der Waals surface area contributed by atoms with Crippen LogP contribution in [0.5, 0.6) is 0 Å². The molecule has 0 saturated carbocycles. The molecule has 1 aliphatic rings. The van der Waals surface area contributed by atoms with Gasteiger partial charge in [0.05, 0.1) is 5.56 Å². The van der Waals surface area contributed by atoms with Crippen LogP contribution in [0.25, 0.3) is 22.8 Å². The third kappa shape index (κ3) is 5.17. The molecule has 4 rings (SSSR count). The van der Waals surface area contributed by atoms with E-state index in [1.54, 1.807) is 18.3 Å². The van der Waals surface area contributed by atoms with Crippen LogP contribution in [0.1, 0.15) is 26.2 Å². The normalized spacial score (nSPS) is 15.5. The van der Waals surface area contributed by atoms with Gasteiger partial charge in [-0.2, -0.15) is 4.98 Å². The van der Waals surface area contributed by atoms with Gasteiger partial charge in [0.25, 0.3) is 5.89 Å². The topological polar surface area (TPSA) is 67.1 Å². The number of likely N-dealkylation sites (tertiary alicyclic amines) is 1. The average molecular weight is 395 g/mol. The standard InChI is InChI=1S/C22H26FN5O/c1-16-9-13-28(14-10-16)12-2-11-24-20-8-5-18(15-25-20)22-26-21(27-29-22)17-3-6-19(23)7-4-17/h3-8,15-16H,2,9-14H2,1H3,(H,24,25). The smallest absolute Gasteiger partial charge is 0.259 e. The maximum absolute atomic E-state index is 13.0. The minimum absolute atomic E-state index is 0.296. The fourth-order valence-corrected chi connectivity index (χ4v) is 3.49. The molecule has 1 aliphatic heterocycles. The van der Waals surface area contributed by atoms with E-state index in [-0.39, 0.29) is 5.82 Å². The largest absolute Gasteiger partial charge is 0.370 e. The molecule has 152 valence electrons. The number of benzene rings is 1. The molecule has 0 atom stereocenters. The zero-order valence-corrected chi connectivity index (χ0v) is 16.6. The fourth-order valence-electron chi connectivity index (χ4n) is 3.49. The van der Waals surface area contributed by atoms with Crippen molar-refractivity contribution in [1.29, 1.82) is 0 Å². The van der Waals surface area contributed by atoms with E-state index in [0.717, 1.165) is 36.8 Å². The summed E-state index contributed by atoms with van der Waals surface area (Å²) >= 11 is 0. The molecule has 3 heterocycles. The van der Waals surface area contributed by atoms with E-state index in [1.165, 1.54) is 38.1 Å². The van der Waals surface area contributed by atoms with E-state index in [1.807, 2.05) is 12.1 Å². The van der Waals surface area contributed by atoms with Gasteiger partial charge in [-0.3, -0.25) is 0 Å². The average Bonchev–Trinajstić information content (AvgIpc) is 3.24. The van der Waals surface area contributed by atoms with E-state index >= 15 is 0 Å². The molecule has 7 heteroatoms. The van der Waals surface area contributed by atoms with Gasteiger partial charge in [-0.15, -0.1) is 0 Å². The number of hydrogen-bond donors (Lipinski definition) is 1. The van der Waals surface area contributed by atoms with Gasteiger partial charge < -0.3 is 14.7 Å². The zero-order chi connectivity index (χ0) is 20.1. The zero-order valence-electron chi connectivity index (χ0n) is 16.6. The van der Waals surface area contributed by atoms with E-state index in [0.29, 0.717) is 17.3 Å². The third-order valence-electron chi connectivity index (χ3n) is 5.37. The van der Waals surface area contributed by atoms with Crippen LogP contribution in [-0.2, 0) is 0 Å². The van der Waals surface area contributed by atoms with Gasteiger partial charge in [0, 0.05) is 18.3 Å². The molecule has 0 amide bonds. The summed E-state index contributed by atoms with van der Waals surface area (Å²) in [5.74, 6) is 2.23. The van der Waals surface area contributed by atoms with Crippen LogP contribution in [0.2, 0.25) is 0 Å². The Balaban J connectivity index is 1.27. The predicted molar refractivity (Wildman–Crippen MR) is 111 cm³/mol. The fraction of sp³-hybridized carbons (Fsp3) is 0.409. The van der Waals surface area contributed by atoms with Gasteiger partial charge in [-0.1, -0.05) is 12.1 Å². The Hall–Kier alpha value is -2.80. The Morgan fingerprint density at radius 3 is 2.59 bits per heavy atom. The molecule has 0 aliphatic carbocycles. The van der Waals surface area contributed by atoms with Gasteiger partial charge >= 0.3 is 0 Å². The summed E-state index contributed by atoms with van der Waals surface area (Å²) in [6, 6.07) is 9.82. The SMILES string of the molecule is CC1CCN(CCCNc2ccc(-c3nc(-c4ccc(F)cc4)no3)cn2)CC1. The van der Waals surface area contributed by atoms with Crippen molar-refractivity contribution in [2.24, 2.45) is 5.92 Å². The second-order valence-electron chi connectivity index (χ2n) is 7.67. The maximum Gasteiger partial charge on any atom is 0.259 e. The lowest BCUT2D eigenvalue weighted by atomic mass is 9.99. The number of piperidine rings is 1. The van der Waals surface area contributed by atoms with Crippen molar-refractivity contribution in [3.05, 3.63) is 48.4 Å². The Labute approximate surface area is 170 Å². The van der Waals surface area contributed by atoms with Gasteiger partial charge in [0.1, 0.15) is 11.6 Å². The molecule has 0 bridgehead atoms. The highest BCUT2D eigenvalue weighted by molar-refractivity contribution is 5.60. The van der Waals surface area contributed by atoms with Gasteiger partial charge in [0.15, 0.2) is 0 Å². The number of aromatic nitrogens is 3. The summed E-state index contributed by atoms with van der Waals surface area (Å²) in [7, 11) is 0. The lowest BCUT2D eigenvalue weighted by Gasteiger charge is -2.30. The molecule has 1 fully saturated rings. The molecular weight excluding hydrogens is 369 g/mol. The van der Waals surface area contributed by atoms with Gasteiger partial charge in [-0.05, 0) is 81.2 Å². The number of halogens is 1. The molecule has 0 radical (unpaired) electrons. The molecule has 1 saturated heterocycles. The Morgan fingerprint density at radius 2 is 1.86 bits per heavy atom. The predicted octanol–water partition coefficient (Wildman–Crippen LogP) is 4.47. The highest BCUT2D eigenvalue weighted by Crippen LogP contribution is 2.22. The van der Waals surface area contributed by atoms with Crippen molar-refractivity contribution in [3.63, 3.8) is 0 Å². The monoisotopic (exact) mass is 395 g/mol. The molecular formula is C22H26FN5O. The minimum Gasteiger partial charge on any atom is -0.370 e. The Kier molecular flexibility index (Phi) is 6.14. The number of nitrogens with one attached hydrogen (secondary N) is 1. The molecule has 1 N–H and O–H groups in total. The third-order valence-corrected chi connectivity index (χ3v) is 5.37. The van der Waals surface area contributed by atoms with Crippen molar-refractivity contribution >= 4 is 5.82 Å². The first kappa shape index (κ1) is 19.5. The molecule has 29 heavy (non-hydrogen) atoms. The van der Waals surface area contributed by atoms with E-state index < -0.39 is 0 Å². The highest BCUT2D eigenvalue weighted by atomic mass is 19.1. The van der Waals surface area contributed by atoms with Gasteiger partial charge in [-0.25, -0.2) is 9.37 Å². The number of hydrogen-bond acceptors (Lipinski definition) is 6. The van der Waals surface area contributed by atoms with Crippen LogP contribution >= 0.6 is 0 Å². The second kappa shape index (κ2) is 9.13. The Bertz CT molecular complexity index is 902. The van der Waals surface area contributed by atoms with E-state index in [2.05, 4.69) is 32.3 Å². The second-order valence-corrected chi connectivity index (χ2v) is 7.67. The van der Waals surface area contributed by atoms with Crippen LogP contribution in [0, 0.1) is 11.7 Å². The summed E-state index contributed by atoms with van der Waals surface area (Å²) in [6.45, 7) is 6.81. The van der Waals surface area contributed by atoms with Crippen LogP contribution in [0.15, 0.2) is 47.1 Å². The molecule has 6 nitrogen and oxygen atoms in total. The number of rotatable bonds is 7. The maximum atomic E-state index is 13.0. The van der Waals surface area contributed by atoms with Crippen molar-refractivity contribution in [1.82, 2.24) is 20.0 Å². The quantitative estimate of drug-likeness (QED) is 0.595. The van der Waals surface area contributed by atoms with Gasteiger partial charge in [0.2, 0.25) is 5.82 Å². The highest BCUT2D eigenvalue weighted by Gasteiger charge is 2.15. The number of anilines is 1. The summed E-state index contributed by atoms with van der Waals surface area (Å²) < 4.78 is 18.4.